The molecular formula is C27H27FN6O. The van der Waals surface area contributed by atoms with Crippen molar-refractivity contribution in [3.8, 4) is 11.3 Å². The smallest absolute Gasteiger partial charge is 0.290 e. The number of benzene rings is 2. The fourth-order valence-corrected chi connectivity index (χ4v) is 4.42. The monoisotopic (exact) mass is 470 g/mol. The summed E-state index contributed by atoms with van der Waals surface area (Å²) in [6, 6.07) is 18.8. The number of carbonyl (C=O) groups is 1. The van der Waals surface area contributed by atoms with Crippen LogP contribution < -0.4 is 10.3 Å². The molecule has 0 spiro atoms. The molecule has 1 saturated heterocycles. The van der Waals surface area contributed by atoms with Gasteiger partial charge in [0.15, 0.2) is 0 Å². The highest BCUT2D eigenvalue weighted by Gasteiger charge is 2.21. The second-order valence-corrected chi connectivity index (χ2v) is 8.61. The van der Waals surface area contributed by atoms with E-state index in [1.54, 1.807) is 6.20 Å². The first-order valence-electron chi connectivity index (χ1n) is 11.7. The Bertz CT molecular complexity index is 1280. The molecular weight excluding hydrogens is 443 g/mol. The molecule has 7 nitrogen and oxygen atoms in total. The standard InChI is InChI=1S/C27H27FN6O/c1-20-22(19-32-13-15-33(16-14-32)24-9-7-23(28)8-10-24)17-26(21-5-3-2-4-6-21)34(20)31-27(35)25-18-29-11-12-30-25/h2-12,17-18H,13-16,19H2,1H3,(H,31,35). The summed E-state index contributed by atoms with van der Waals surface area (Å²) in [5.41, 5.74) is 8.37. The van der Waals surface area contributed by atoms with Gasteiger partial charge >= 0.3 is 0 Å². The molecule has 1 amide bonds. The summed E-state index contributed by atoms with van der Waals surface area (Å²) in [7, 11) is 0. The van der Waals surface area contributed by atoms with E-state index in [0.717, 1.165) is 60.9 Å². The van der Waals surface area contributed by atoms with E-state index in [1.165, 1.54) is 24.5 Å². The van der Waals surface area contributed by atoms with Gasteiger partial charge in [-0.2, -0.15) is 0 Å². The van der Waals surface area contributed by atoms with E-state index in [2.05, 4.69) is 31.3 Å². The number of halogens is 1. The van der Waals surface area contributed by atoms with Crippen LogP contribution in [0.4, 0.5) is 10.1 Å². The molecule has 4 aromatic rings. The van der Waals surface area contributed by atoms with Gasteiger partial charge in [-0.15, -0.1) is 0 Å². The van der Waals surface area contributed by atoms with Crippen molar-refractivity contribution in [3.63, 3.8) is 0 Å². The summed E-state index contributed by atoms with van der Waals surface area (Å²) in [6.07, 6.45) is 4.51. The van der Waals surface area contributed by atoms with Gasteiger partial charge in [-0.05, 0) is 42.8 Å². The zero-order valence-electron chi connectivity index (χ0n) is 19.6. The number of nitrogens with one attached hydrogen (secondary N) is 1. The lowest BCUT2D eigenvalue weighted by Gasteiger charge is -2.36. The van der Waals surface area contributed by atoms with Gasteiger partial charge in [-0.3, -0.25) is 24.8 Å². The molecule has 0 atom stereocenters. The average Bonchev–Trinajstić information content (AvgIpc) is 3.20. The minimum atomic E-state index is -0.312. The highest BCUT2D eigenvalue weighted by Crippen LogP contribution is 2.27. The predicted octanol–water partition coefficient (Wildman–Crippen LogP) is 4.10. The van der Waals surface area contributed by atoms with E-state index in [4.69, 9.17) is 0 Å². The van der Waals surface area contributed by atoms with Gasteiger partial charge in [-0.25, -0.2) is 9.37 Å². The summed E-state index contributed by atoms with van der Waals surface area (Å²) in [4.78, 5) is 25.7. The molecule has 178 valence electrons. The first kappa shape index (κ1) is 22.7. The first-order chi connectivity index (χ1) is 17.1. The Morgan fingerprint density at radius 1 is 1.00 bits per heavy atom. The normalized spacial score (nSPS) is 14.2. The summed E-state index contributed by atoms with van der Waals surface area (Å²) in [6.45, 7) is 6.34. The van der Waals surface area contributed by atoms with Crippen LogP contribution in [0.1, 0.15) is 21.7 Å². The maximum Gasteiger partial charge on any atom is 0.290 e. The van der Waals surface area contributed by atoms with E-state index in [9.17, 15) is 9.18 Å². The van der Waals surface area contributed by atoms with Crippen LogP contribution in [0.5, 0.6) is 0 Å². The van der Waals surface area contributed by atoms with Crippen LogP contribution in [0.25, 0.3) is 11.3 Å². The number of amides is 1. The topological polar surface area (TPSA) is 66.3 Å². The van der Waals surface area contributed by atoms with Crippen molar-refractivity contribution in [1.29, 1.82) is 0 Å². The number of rotatable bonds is 6. The lowest BCUT2D eigenvalue weighted by atomic mass is 10.1. The lowest BCUT2D eigenvalue weighted by molar-refractivity contribution is 0.100. The van der Waals surface area contributed by atoms with Crippen LogP contribution in [0, 0.1) is 12.7 Å². The third-order valence-corrected chi connectivity index (χ3v) is 6.39. The zero-order chi connectivity index (χ0) is 24.2. The van der Waals surface area contributed by atoms with Crippen molar-refractivity contribution in [3.05, 3.63) is 102 Å². The van der Waals surface area contributed by atoms with E-state index in [-0.39, 0.29) is 17.4 Å². The third-order valence-electron chi connectivity index (χ3n) is 6.39. The van der Waals surface area contributed by atoms with Crippen LogP contribution in [-0.2, 0) is 6.54 Å². The summed E-state index contributed by atoms with van der Waals surface area (Å²) in [5, 5.41) is 0. The minimum absolute atomic E-state index is 0.215. The van der Waals surface area contributed by atoms with E-state index < -0.39 is 0 Å². The van der Waals surface area contributed by atoms with E-state index in [0.29, 0.717) is 0 Å². The molecule has 2 aromatic carbocycles. The molecule has 0 unspecified atom stereocenters. The number of carbonyl (C=O) groups excluding carboxylic acids is 1. The van der Waals surface area contributed by atoms with Gasteiger partial charge in [0.2, 0.25) is 0 Å². The van der Waals surface area contributed by atoms with Crippen molar-refractivity contribution in [2.24, 2.45) is 0 Å². The van der Waals surface area contributed by atoms with Gasteiger partial charge in [0.05, 0.1) is 11.9 Å². The largest absolute Gasteiger partial charge is 0.369 e. The number of nitrogens with zero attached hydrogens (tertiary/aromatic N) is 5. The minimum Gasteiger partial charge on any atom is -0.369 e. The Hall–Kier alpha value is -4.04. The molecule has 35 heavy (non-hydrogen) atoms. The van der Waals surface area contributed by atoms with Gasteiger partial charge in [-0.1, -0.05) is 30.3 Å². The molecule has 1 aliphatic heterocycles. The quantitative estimate of drug-likeness (QED) is 0.460. The van der Waals surface area contributed by atoms with Crippen LogP contribution in [0.2, 0.25) is 0 Å². The van der Waals surface area contributed by atoms with Gasteiger partial charge in [0.25, 0.3) is 5.91 Å². The second-order valence-electron chi connectivity index (χ2n) is 8.61. The molecule has 0 radical (unpaired) electrons. The van der Waals surface area contributed by atoms with Crippen molar-refractivity contribution in [2.75, 3.05) is 36.5 Å². The van der Waals surface area contributed by atoms with E-state index >= 15 is 0 Å². The van der Waals surface area contributed by atoms with Crippen LogP contribution in [0.3, 0.4) is 0 Å². The van der Waals surface area contributed by atoms with Crippen LogP contribution >= 0.6 is 0 Å². The number of anilines is 1. The Labute approximate surface area is 203 Å². The molecule has 0 bridgehead atoms. The molecule has 1 aliphatic rings. The fraction of sp³-hybridized carbons (Fsp3) is 0.222. The lowest BCUT2D eigenvalue weighted by Crippen LogP contribution is -2.46. The van der Waals surface area contributed by atoms with Gasteiger partial charge in [0, 0.05) is 62.1 Å². The third kappa shape index (κ3) is 5.07. The predicted molar refractivity (Wildman–Crippen MR) is 134 cm³/mol. The number of aromatic nitrogens is 3. The van der Waals surface area contributed by atoms with Crippen molar-refractivity contribution < 1.29 is 9.18 Å². The average molecular weight is 471 g/mol. The van der Waals surface area contributed by atoms with Crippen molar-refractivity contribution in [2.45, 2.75) is 13.5 Å². The van der Waals surface area contributed by atoms with Crippen LogP contribution in [-0.4, -0.2) is 51.6 Å². The highest BCUT2D eigenvalue weighted by atomic mass is 19.1. The number of piperazine rings is 1. The molecule has 2 aromatic heterocycles. The molecule has 8 heteroatoms. The zero-order valence-corrected chi connectivity index (χ0v) is 19.6. The Kier molecular flexibility index (Phi) is 6.54. The van der Waals surface area contributed by atoms with E-state index in [1.807, 2.05) is 54.1 Å². The molecule has 0 saturated carbocycles. The summed E-state index contributed by atoms with van der Waals surface area (Å²) in [5.74, 6) is -0.526. The second kappa shape index (κ2) is 10.1. The molecule has 1 N–H and O–H groups in total. The van der Waals surface area contributed by atoms with Crippen molar-refractivity contribution in [1.82, 2.24) is 19.5 Å². The highest BCUT2D eigenvalue weighted by molar-refractivity contribution is 5.98. The Balaban J connectivity index is 1.35. The maximum absolute atomic E-state index is 13.3. The molecule has 5 rings (SSSR count). The van der Waals surface area contributed by atoms with Gasteiger partial charge < -0.3 is 4.90 Å². The van der Waals surface area contributed by atoms with Crippen LogP contribution in [0.15, 0.2) is 79.3 Å². The maximum atomic E-state index is 13.3. The molecule has 0 aliphatic carbocycles. The SMILES string of the molecule is Cc1c(CN2CCN(c3ccc(F)cc3)CC2)cc(-c2ccccc2)n1NC(=O)c1cnccn1. The molecule has 1 fully saturated rings. The Morgan fingerprint density at radius 3 is 2.43 bits per heavy atom. The summed E-state index contributed by atoms with van der Waals surface area (Å²) >= 11 is 0. The first-order valence-corrected chi connectivity index (χ1v) is 11.7. The summed E-state index contributed by atoms with van der Waals surface area (Å²) < 4.78 is 15.1. The van der Waals surface area contributed by atoms with Crippen molar-refractivity contribution >= 4 is 11.6 Å². The Morgan fingerprint density at radius 2 is 1.74 bits per heavy atom. The number of hydrogen-bond donors (Lipinski definition) is 1. The number of hydrogen-bond acceptors (Lipinski definition) is 5. The fourth-order valence-electron chi connectivity index (χ4n) is 4.42. The molecule has 3 heterocycles. The van der Waals surface area contributed by atoms with Gasteiger partial charge in [0.1, 0.15) is 11.5 Å².